The zero-order chi connectivity index (χ0) is 23.0. The number of thiophene rings is 2. The number of nitrogens with zero attached hydrogens (tertiary/aromatic N) is 3. The van der Waals surface area contributed by atoms with Crippen LogP contribution in [-0.2, 0) is 10.5 Å². The van der Waals surface area contributed by atoms with Gasteiger partial charge in [-0.1, -0.05) is 0 Å². The number of nitrogens with one attached hydrogen (secondary N) is 1. The molecule has 0 radical (unpaired) electrons. The number of aromatic nitrogens is 2. The number of rotatable bonds is 5. The van der Waals surface area contributed by atoms with E-state index in [1.807, 2.05) is 49.6 Å². The van der Waals surface area contributed by atoms with E-state index in [4.69, 9.17) is 0 Å². The molecular formula is C22H26N4O3S3. The van der Waals surface area contributed by atoms with Gasteiger partial charge in [0.05, 0.1) is 21.3 Å². The second-order valence-corrected chi connectivity index (χ2v) is 11.8. The van der Waals surface area contributed by atoms with Crippen LogP contribution in [0.5, 0.6) is 0 Å². The van der Waals surface area contributed by atoms with E-state index in [0.29, 0.717) is 43.1 Å². The average molecular weight is 491 g/mol. The van der Waals surface area contributed by atoms with Crippen molar-refractivity contribution in [1.29, 1.82) is 0 Å². The largest absolute Gasteiger partial charge is 0.338 e. The van der Waals surface area contributed by atoms with Crippen LogP contribution < -0.4 is 5.56 Å². The van der Waals surface area contributed by atoms with Gasteiger partial charge >= 0.3 is 0 Å². The molecule has 4 heterocycles. The first kappa shape index (κ1) is 23.0. The standard InChI is InChI=1S/C22H26N4O3S3/c1-12-5-6-16(31-12)22(29)26-9-7-25(8-10-26)21(28)15(4)30-11-17-23-19(27)18-13(2)14(3)32-20(18)24-17/h5-6,15H,7-11H2,1-4H3,(H,23,24,27). The summed E-state index contributed by atoms with van der Waals surface area (Å²) >= 11 is 4.50. The van der Waals surface area contributed by atoms with Crippen molar-refractivity contribution in [3.8, 4) is 0 Å². The van der Waals surface area contributed by atoms with Gasteiger partial charge in [-0.15, -0.1) is 34.4 Å². The molecule has 0 aliphatic carbocycles. The number of carbonyl (C=O) groups is 2. The molecule has 1 N–H and O–H groups in total. The molecule has 1 aliphatic rings. The summed E-state index contributed by atoms with van der Waals surface area (Å²) in [5, 5.41) is 0.403. The van der Waals surface area contributed by atoms with Gasteiger partial charge in [-0.25, -0.2) is 4.98 Å². The Bertz CT molecular complexity index is 1220. The summed E-state index contributed by atoms with van der Waals surface area (Å²) in [7, 11) is 0. The first-order valence-electron chi connectivity index (χ1n) is 10.5. The summed E-state index contributed by atoms with van der Waals surface area (Å²) in [6.07, 6.45) is 0. The number of amides is 2. The van der Waals surface area contributed by atoms with Crippen molar-refractivity contribution in [2.24, 2.45) is 0 Å². The number of fused-ring (bicyclic) bond motifs is 1. The Morgan fingerprint density at radius 1 is 1.12 bits per heavy atom. The van der Waals surface area contributed by atoms with Crippen LogP contribution in [-0.4, -0.2) is 63.0 Å². The number of aromatic amines is 1. The molecule has 0 spiro atoms. The minimum Gasteiger partial charge on any atom is -0.338 e. The number of hydrogen-bond acceptors (Lipinski definition) is 7. The van der Waals surface area contributed by atoms with Crippen LogP contribution in [0.4, 0.5) is 0 Å². The van der Waals surface area contributed by atoms with Gasteiger partial charge in [-0.05, 0) is 45.4 Å². The maximum absolute atomic E-state index is 12.9. The predicted molar refractivity (Wildman–Crippen MR) is 132 cm³/mol. The van der Waals surface area contributed by atoms with Crippen LogP contribution in [0, 0.1) is 20.8 Å². The van der Waals surface area contributed by atoms with Crippen molar-refractivity contribution in [2.45, 2.75) is 38.7 Å². The van der Waals surface area contributed by atoms with Gasteiger partial charge in [-0.3, -0.25) is 14.4 Å². The van der Waals surface area contributed by atoms with Crippen LogP contribution >= 0.6 is 34.4 Å². The van der Waals surface area contributed by atoms with Crippen LogP contribution in [0.15, 0.2) is 16.9 Å². The average Bonchev–Trinajstić information content (AvgIpc) is 3.34. The lowest BCUT2D eigenvalue weighted by molar-refractivity contribution is -0.131. The molecule has 3 aromatic heterocycles. The highest BCUT2D eigenvalue weighted by Crippen LogP contribution is 2.27. The molecule has 1 fully saturated rings. The predicted octanol–water partition coefficient (Wildman–Crippen LogP) is 3.58. The van der Waals surface area contributed by atoms with Crippen molar-refractivity contribution in [2.75, 3.05) is 26.2 Å². The van der Waals surface area contributed by atoms with E-state index in [1.165, 1.54) is 34.4 Å². The maximum atomic E-state index is 12.9. The van der Waals surface area contributed by atoms with Crippen LogP contribution in [0.25, 0.3) is 10.2 Å². The van der Waals surface area contributed by atoms with Crippen LogP contribution in [0.3, 0.4) is 0 Å². The maximum Gasteiger partial charge on any atom is 0.264 e. The smallest absolute Gasteiger partial charge is 0.264 e. The van der Waals surface area contributed by atoms with Crippen LogP contribution in [0.1, 0.15) is 37.7 Å². The third-order valence-electron chi connectivity index (χ3n) is 5.74. The highest BCUT2D eigenvalue weighted by atomic mass is 32.2. The second-order valence-electron chi connectivity index (χ2n) is 7.96. The number of aryl methyl sites for hydroxylation is 3. The molecule has 4 rings (SSSR count). The fraction of sp³-hybridized carbons (Fsp3) is 0.455. The van der Waals surface area contributed by atoms with E-state index in [9.17, 15) is 14.4 Å². The minimum atomic E-state index is -0.259. The Labute approximate surface area is 198 Å². The zero-order valence-corrected chi connectivity index (χ0v) is 21.0. The Morgan fingerprint density at radius 3 is 2.47 bits per heavy atom. The van der Waals surface area contributed by atoms with Crippen molar-refractivity contribution >= 4 is 56.5 Å². The van der Waals surface area contributed by atoms with E-state index in [0.717, 1.165) is 25.0 Å². The number of hydrogen-bond donors (Lipinski definition) is 1. The lowest BCUT2D eigenvalue weighted by Gasteiger charge is -2.35. The Morgan fingerprint density at radius 2 is 1.81 bits per heavy atom. The van der Waals surface area contributed by atoms with Gasteiger partial charge in [0, 0.05) is 35.9 Å². The fourth-order valence-electron chi connectivity index (χ4n) is 3.74. The van der Waals surface area contributed by atoms with Crippen molar-refractivity contribution in [1.82, 2.24) is 19.8 Å². The Balaban J connectivity index is 1.32. The molecular weight excluding hydrogens is 464 g/mol. The molecule has 1 atom stereocenters. The first-order valence-corrected chi connectivity index (χ1v) is 13.2. The van der Waals surface area contributed by atoms with E-state index < -0.39 is 0 Å². The zero-order valence-electron chi connectivity index (χ0n) is 18.6. The van der Waals surface area contributed by atoms with E-state index in [2.05, 4.69) is 9.97 Å². The number of carbonyl (C=O) groups excluding carboxylic acids is 2. The van der Waals surface area contributed by atoms with Crippen LogP contribution in [0.2, 0.25) is 0 Å². The van der Waals surface area contributed by atoms with Gasteiger partial charge in [-0.2, -0.15) is 0 Å². The van der Waals surface area contributed by atoms with E-state index >= 15 is 0 Å². The van der Waals surface area contributed by atoms with Crippen molar-refractivity contribution in [3.05, 3.63) is 48.5 Å². The molecule has 170 valence electrons. The fourth-order valence-corrected chi connectivity index (χ4v) is 6.46. The Hall–Kier alpha value is -2.17. The molecule has 0 aromatic carbocycles. The quantitative estimate of drug-likeness (QED) is 0.591. The number of H-pyrrole nitrogens is 1. The number of thioether (sulfide) groups is 1. The lowest BCUT2D eigenvalue weighted by Crippen LogP contribution is -2.52. The summed E-state index contributed by atoms with van der Waals surface area (Å²) in [6, 6.07) is 3.82. The molecule has 1 aliphatic heterocycles. The molecule has 2 amide bonds. The highest BCUT2D eigenvalue weighted by Gasteiger charge is 2.28. The van der Waals surface area contributed by atoms with Gasteiger partial charge in [0.1, 0.15) is 10.7 Å². The van der Waals surface area contributed by atoms with Gasteiger partial charge in [0.15, 0.2) is 0 Å². The molecule has 3 aromatic rings. The molecule has 7 nitrogen and oxygen atoms in total. The second kappa shape index (κ2) is 9.36. The van der Waals surface area contributed by atoms with Gasteiger partial charge in [0.2, 0.25) is 5.91 Å². The molecule has 1 saturated heterocycles. The van der Waals surface area contributed by atoms with Gasteiger partial charge < -0.3 is 14.8 Å². The topological polar surface area (TPSA) is 86.4 Å². The molecule has 10 heteroatoms. The molecule has 1 unspecified atom stereocenters. The summed E-state index contributed by atoms with van der Waals surface area (Å²) in [6.45, 7) is 9.96. The summed E-state index contributed by atoms with van der Waals surface area (Å²) in [4.78, 5) is 52.8. The van der Waals surface area contributed by atoms with Gasteiger partial charge in [0.25, 0.3) is 11.5 Å². The SMILES string of the molecule is Cc1ccc(C(=O)N2CCN(C(=O)C(C)SCc3nc4sc(C)c(C)c4c(=O)[nH]3)CC2)s1. The highest BCUT2D eigenvalue weighted by molar-refractivity contribution is 7.99. The minimum absolute atomic E-state index is 0.0436. The lowest BCUT2D eigenvalue weighted by atomic mass is 10.2. The third-order valence-corrected chi connectivity index (χ3v) is 8.97. The summed E-state index contributed by atoms with van der Waals surface area (Å²) in [5.41, 5.74) is 0.862. The summed E-state index contributed by atoms with van der Waals surface area (Å²) < 4.78 is 0. The number of piperazine rings is 1. The molecule has 0 saturated carbocycles. The van der Waals surface area contributed by atoms with Crippen molar-refractivity contribution in [3.63, 3.8) is 0 Å². The summed E-state index contributed by atoms with van der Waals surface area (Å²) in [5.74, 6) is 1.15. The van der Waals surface area contributed by atoms with E-state index in [1.54, 1.807) is 0 Å². The van der Waals surface area contributed by atoms with Crippen molar-refractivity contribution < 1.29 is 9.59 Å². The first-order chi connectivity index (χ1) is 15.2. The Kier molecular flexibility index (Phi) is 6.73. The molecule has 0 bridgehead atoms. The monoisotopic (exact) mass is 490 g/mol. The third kappa shape index (κ3) is 4.62. The normalized spacial score (nSPS) is 15.4. The van der Waals surface area contributed by atoms with E-state index in [-0.39, 0.29) is 22.6 Å². The molecule has 32 heavy (non-hydrogen) atoms.